The number of Topliss-reactive ketones (excluding diaryl/α,β-unsaturated/α-hetero) is 1. The predicted octanol–water partition coefficient (Wildman–Crippen LogP) is 6.11. The maximum atomic E-state index is 11.8. The Hall–Kier alpha value is -3.54. The van der Waals surface area contributed by atoms with E-state index in [4.69, 9.17) is 4.98 Å². The minimum absolute atomic E-state index is 0.343. The summed E-state index contributed by atoms with van der Waals surface area (Å²) in [4.78, 5) is 25.9. The number of benzene rings is 1. The topological polar surface area (TPSA) is 72.2 Å². The minimum atomic E-state index is 0.343. The third kappa shape index (κ3) is 4.72. The van der Waals surface area contributed by atoms with Gasteiger partial charge in [0.2, 0.25) is 5.95 Å². The summed E-state index contributed by atoms with van der Waals surface area (Å²) in [5, 5.41) is 3.55. The van der Waals surface area contributed by atoms with Crippen LogP contribution < -0.4 is 5.32 Å². The zero-order valence-corrected chi connectivity index (χ0v) is 19.9. The Morgan fingerprint density at radius 1 is 1.00 bits per heavy atom. The number of carbonyl (C=O) groups excluding carboxylic acids is 1. The van der Waals surface area contributed by atoms with Gasteiger partial charge in [-0.3, -0.25) is 9.20 Å². The van der Waals surface area contributed by atoms with E-state index in [2.05, 4.69) is 56.2 Å². The molecule has 5 rings (SSSR count). The number of carbonyl (C=O) groups is 1. The van der Waals surface area contributed by atoms with E-state index < -0.39 is 0 Å². The normalized spacial score (nSPS) is 18.2. The lowest BCUT2D eigenvalue weighted by molar-refractivity contribution is -0.119. The molecule has 3 heterocycles. The average molecular weight is 454 g/mol. The highest BCUT2D eigenvalue weighted by Gasteiger charge is 2.23. The lowest BCUT2D eigenvalue weighted by Crippen LogP contribution is -2.28. The van der Waals surface area contributed by atoms with Gasteiger partial charge < -0.3 is 5.32 Å². The molecule has 0 atom stereocenters. The van der Waals surface area contributed by atoms with E-state index >= 15 is 0 Å². The molecule has 0 saturated heterocycles. The van der Waals surface area contributed by atoms with Gasteiger partial charge >= 0.3 is 0 Å². The van der Waals surface area contributed by atoms with Crippen molar-refractivity contribution >= 4 is 17.4 Å². The Bertz CT molecular complexity index is 1290. The molecule has 34 heavy (non-hydrogen) atoms. The van der Waals surface area contributed by atoms with E-state index in [-0.39, 0.29) is 0 Å². The van der Waals surface area contributed by atoms with Gasteiger partial charge in [-0.05, 0) is 67.3 Å². The number of rotatable bonds is 7. The van der Waals surface area contributed by atoms with Gasteiger partial charge in [-0.2, -0.15) is 0 Å². The summed E-state index contributed by atoms with van der Waals surface area (Å²) in [5.41, 5.74) is 6.05. The van der Waals surface area contributed by atoms with Crippen molar-refractivity contribution in [3.8, 4) is 22.5 Å². The SMILES string of the molecule is CCC(=O)CC1CCC(Nc2ncc(C)c(-c3cnc4ccc(-c5ccccc5)cn34)n2)CC1. The van der Waals surface area contributed by atoms with Crippen molar-refractivity contribution < 1.29 is 4.79 Å². The van der Waals surface area contributed by atoms with E-state index in [1.807, 2.05) is 38.4 Å². The Labute approximate surface area is 200 Å². The van der Waals surface area contributed by atoms with Crippen LogP contribution in [0.1, 0.15) is 51.0 Å². The lowest BCUT2D eigenvalue weighted by atomic mass is 9.83. The van der Waals surface area contributed by atoms with Crippen molar-refractivity contribution in [2.75, 3.05) is 5.32 Å². The van der Waals surface area contributed by atoms with Gasteiger partial charge in [-0.15, -0.1) is 0 Å². The molecule has 1 saturated carbocycles. The first kappa shape index (κ1) is 22.3. The first-order valence-corrected chi connectivity index (χ1v) is 12.3. The summed E-state index contributed by atoms with van der Waals surface area (Å²) in [6, 6.07) is 14.8. The van der Waals surface area contributed by atoms with E-state index in [9.17, 15) is 4.79 Å². The molecule has 0 amide bonds. The van der Waals surface area contributed by atoms with Gasteiger partial charge in [0, 0.05) is 31.3 Å². The van der Waals surface area contributed by atoms with Gasteiger partial charge in [0.1, 0.15) is 11.4 Å². The molecule has 0 bridgehead atoms. The van der Waals surface area contributed by atoms with E-state index in [0.29, 0.717) is 30.1 Å². The molecule has 1 N–H and O–H groups in total. The molecule has 0 aliphatic heterocycles. The first-order valence-electron chi connectivity index (χ1n) is 12.3. The van der Waals surface area contributed by atoms with Crippen LogP contribution in [-0.2, 0) is 4.79 Å². The molecule has 4 aromatic rings. The molecule has 1 aliphatic rings. The van der Waals surface area contributed by atoms with Crippen molar-refractivity contribution in [3.63, 3.8) is 0 Å². The van der Waals surface area contributed by atoms with E-state index in [1.165, 1.54) is 5.56 Å². The predicted molar refractivity (Wildman–Crippen MR) is 136 cm³/mol. The number of pyridine rings is 1. The van der Waals surface area contributed by atoms with Crippen LogP contribution in [0.3, 0.4) is 0 Å². The van der Waals surface area contributed by atoms with E-state index in [1.54, 1.807) is 0 Å². The minimum Gasteiger partial charge on any atom is -0.351 e. The number of nitrogens with zero attached hydrogens (tertiary/aromatic N) is 4. The lowest BCUT2D eigenvalue weighted by Gasteiger charge is -2.28. The fourth-order valence-electron chi connectivity index (χ4n) is 4.89. The van der Waals surface area contributed by atoms with E-state index in [0.717, 1.165) is 60.3 Å². The number of anilines is 1. The second kappa shape index (κ2) is 9.75. The van der Waals surface area contributed by atoms with Crippen LogP contribution in [-0.4, -0.2) is 31.2 Å². The second-order valence-corrected chi connectivity index (χ2v) is 9.34. The molecule has 6 nitrogen and oxygen atoms in total. The molecule has 6 heteroatoms. The quantitative estimate of drug-likeness (QED) is 0.366. The molecule has 174 valence electrons. The van der Waals surface area contributed by atoms with Crippen LogP contribution in [0.4, 0.5) is 5.95 Å². The molecule has 1 aliphatic carbocycles. The smallest absolute Gasteiger partial charge is 0.223 e. The summed E-state index contributed by atoms with van der Waals surface area (Å²) in [6.07, 6.45) is 11.5. The highest BCUT2D eigenvalue weighted by Crippen LogP contribution is 2.30. The Balaban J connectivity index is 1.37. The molecule has 0 radical (unpaired) electrons. The van der Waals surface area contributed by atoms with Crippen LogP contribution in [0.15, 0.2) is 61.1 Å². The molecular formula is C28H31N5O. The summed E-state index contributed by atoms with van der Waals surface area (Å²) in [6.45, 7) is 3.99. The average Bonchev–Trinajstić information content (AvgIpc) is 3.30. The van der Waals surface area contributed by atoms with Crippen molar-refractivity contribution in [1.29, 1.82) is 0 Å². The van der Waals surface area contributed by atoms with Crippen molar-refractivity contribution in [1.82, 2.24) is 19.4 Å². The second-order valence-electron chi connectivity index (χ2n) is 9.34. The van der Waals surface area contributed by atoms with Crippen molar-refractivity contribution in [2.45, 2.75) is 58.4 Å². The number of aromatic nitrogens is 4. The summed E-state index contributed by atoms with van der Waals surface area (Å²) in [5.74, 6) is 1.56. The van der Waals surface area contributed by atoms with Crippen molar-refractivity contribution in [2.24, 2.45) is 5.92 Å². The van der Waals surface area contributed by atoms with Crippen LogP contribution in [0, 0.1) is 12.8 Å². The number of imidazole rings is 1. The zero-order valence-electron chi connectivity index (χ0n) is 19.9. The Morgan fingerprint density at radius 3 is 2.56 bits per heavy atom. The zero-order chi connectivity index (χ0) is 23.5. The third-order valence-corrected chi connectivity index (χ3v) is 6.92. The molecule has 0 unspecified atom stereocenters. The highest BCUT2D eigenvalue weighted by atomic mass is 16.1. The molecule has 1 aromatic carbocycles. The largest absolute Gasteiger partial charge is 0.351 e. The van der Waals surface area contributed by atoms with Gasteiger partial charge in [0.15, 0.2) is 0 Å². The van der Waals surface area contributed by atoms with Crippen LogP contribution in [0.25, 0.3) is 28.2 Å². The van der Waals surface area contributed by atoms with Crippen LogP contribution >= 0.6 is 0 Å². The maximum Gasteiger partial charge on any atom is 0.223 e. The molecule has 0 spiro atoms. The maximum absolute atomic E-state index is 11.8. The highest BCUT2D eigenvalue weighted by molar-refractivity contribution is 5.78. The number of aryl methyl sites for hydroxylation is 1. The molecule has 1 fully saturated rings. The van der Waals surface area contributed by atoms with Gasteiger partial charge in [-0.25, -0.2) is 15.0 Å². The number of hydrogen-bond donors (Lipinski definition) is 1. The molecule has 3 aromatic heterocycles. The van der Waals surface area contributed by atoms with Crippen LogP contribution in [0.5, 0.6) is 0 Å². The number of nitrogens with one attached hydrogen (secondary N) is 1. The fourth-order valence-corrected chi connectivity index (χ4v) is 4.89. The van der Waals surface area contributed by atoms with Gasteiger partial charge in [-0.1, -0.05) is 37.3 Å². The third-order valence-electron chi connectivity index (χ3n) is 6.92. The van der Waals surface area contributed by atoms with Gasteiger partial charge in [0.05, 0.1) is 17.6 Å². The molecular weight excluding hydrogens is 422 g/mol. The summed E-state index contributed by atoms with van der Waals surface area (Å²) in [7, 11) is 0. The first-order chi connectivity index (χ1) is 16.6. The Morgan fingerprint density at radius 2 is 1.79 bits per heavy atom. The standard InChI is InChI=1S/C28H31N5O/c1-3-24(34)15-20-9-12-23(13-10-20)31-28-30-16-19(2)27(32-28)25-17-29-26-14-11-22(18-33(25)26)21-7-5-4-6-8-21/h4-8,11,14,16-18,20,23H,3,9-10,12-13,15H2,1-2H3,(H,30,31,32). The fraction of sp³-hybridized carbons (Fsp3) is 0.357. The van der Waals surface area contributed by atoms with Crippen LogP contribution in [0.2, 0.25) is 0 Å². The van der Waals surface area contributed by atoms with Gasteiger partial charge in [0.25, 0.3) is 0 Å². The Kier molecular flexibility index (Phi) is 6.39. The summed E-state index contributed by atoms with van der Waals surface area (Å²) >= 11 is 0. The number of fused-ring (bicyclic) bond motifs is 1. The monoisotopic (exact) mass is 453 g/mol. The number of hydrogen-bond acceptors (Lipinski definition) is 5. The number of ketones is 1. The summed E-state index contributed by atoms with van der Waals surface area (Å²) < 4.78 is 2.11. The van der Waals surface area contributed by atoms with Crippen molar-refractivity contribution in [3.05, 3.63) is 66.6 Å².